The Morgan fingerprint density at radius 3 is 2.35 bits per heavy atom. The third-order valence-electron chi connectivity index (χ3n) is 6.03. The Hall–Kier alpha value is -3.97. The standard InChI is InChI=1S/C29H28ClNO6/c1-5-36-22-13-11-18(15-24(22)35-4)26-25(27(32)19-10-12-21(30)23(16-19)37-6-2)28(33)29(34)31(26)20-9-7-8-17(3)14-20/h7-16,26,32H,5-6H2,1-4H3/b27-25-. The van der Waals surface area contributed by atoms with Crippen LogP contribution in [0.1, 0.15) is 36.6 Å². The fraction of sp³-hybridized carbons (Fsp3) is 0.241. The van der Waals surface area contributed by atoms with Crippen LogP contribution in [0.2, 0.25) is 5.02 Å². The normalized spacial score (nSPS) is 16.7. The minimum atomic E-state index is -0.919. The van der Waals surface area contributed by atoms with Crippen molar-refractivity contribution in [3.63, 3.8) is 0 Å². The Morgan fingerprint density at radius 1 is 0.946 bits per heavy atom. The number of nitrogens with zero attached hydrogens (tertiary/aromatic N) is 1. The topological polar surface area (TPSA) is 85.3 Å². The van der Waals surface area contributed by atoms with E-state index >= 15 is 0 Å². The average Bonchev–Trinajstić information content (AvgIpc) is 3.15. The summed E-state index contributed by atoms with van der Waals surface area (Å²) in [5.41, 5.74) is 2.27. The second-order valence-electron chi connectivity index (χ2n) is 8.43. The Balaban J connectivity index is 1.95. The van der Waals surface area contributed by atoms with Crippen LogP contribution in [0.25, 0.3) is 5.76 Å². The summed E-state index contributed by atoms with van der Waals surface area (Å²) in [6.45, 7) is 6.39. The second kappa shape index (κ2) is 11.0. The molecular formula is C29H28ClNO6. The van der Waals surface area contributed by atoms with Crippen LogP contribution in [0.5, 0.6) is 17.2 Å². The first-order valence-electron chi connectivity index (χ1n) is 11.9. The van der Waals surface area contributed by atoms with Crippen molar-refractivity contribution in [2.45, 2.75) is 26.8 Å². The molecule has 7 nitrogen and oxygen atoms in total. The maximum atomic E-state index is 13.5. The fourth-order valence-corrected chi connectivity index (χ4v) is 4.57. The highest BCUT2D eigenvalue weighted by Gasteiger charge is 2.47. The van der Waals surface area contributed by atoms with Gasteiger partial charge >= 0.3 is 0 Å². The molecule has 3 aromatic carbocycles. The number of anilines is 1. The van der Waals surface area contributed by atoms with Crippen molar-refractivity contribution in [3.8, 4) is 17.2 Å². The number of aliphatic hydroxyl groups is 1. The average molecular weight is 522 g/mol. The van der Waals surface area contributed by atoms with Gasteiger partial charge in [-0.05, 0) is 74.4 Å². The molecule has 0 spiro atoms. The second-order valence-corrected chi connectivity index (χ2v) is 8.84. The smallest absolute Gasteiger partial charge is 0.300 e. The highest BCUT2D eigenvalue weighted by molar-refractivity contribution is 6.51. The van der Waals surface area contributed by atoms with Crippen molar-refractivity contribution in [1.29, 1.82) is 0 Å². The molecule has 1 atom stereocenters. The lowest BCUT2D eigenvalue weighted by molar-refractivity contribution is -0.132. The van der Waals surface area contributed by atoms with Crippen LogP contribution in [0.4, 0.5) is 5.69 Å². The van der Waals surface area contributed by atoms with Crippen LogP contribution in [0.3, 0.4) is 0 Å². The third kappa shape index (κ3) is 5.00. The molecule has 1 N–H and O–H groups in total. The first kappa shape index (κ1) is 26.1. The van der Waals surface area contributed by atoms with Crippen molar-refractivity contribution in [2.75, 3.05) is 25.2 Å². The largest absolute Gasteiger partial charge is 0.507 e. The maximum absolute atomic E-state index is 13.5. The summed E-state index contributed by atoms with van der Waals surface area (Å²) < 4.78 is 16.7. The summed E-state index contributed by atoms with van der Waals surface area (Å²) in [7, 11) is 1.52. The van der Waals surface area contributed by atoms with Crippen molar-refractivity contribution in [2.24, 2.45) is 0 Å². The lowest BCUT2D eigenvalue weighted by Crippen LogP contribution is -2.29. The quantitative estimate of drug-likeness (QED) is 0.220. The van der Waals surface area contributed by atoms with Crippen LogP contribution in [0.15, 0.2) is 66.2 Å². The number of aryl methyl sites for hydroxylation is 1. The van der Waals surface area contributed by atoms with E-state index in [1.165, 1.54) is 12.0 Å². The Bertz CT molecular complexity index is 1380. The number of Topliss-reactive ketones (excluding diaryl/α,β-unsaturated/α-hetero) is 1. The molecule has 1 saturated heterocycles. The molecule has 37 heavy (non-hydrogen) atoms. The molecule has 0 radical (unpaired) electrons. The molecular weight excluding hydrogens is 494 g/mol. The summed E-state index contributed by atoms with van der Waals surface area (Å²) >= 11 is 6.23. The molecule has 0 bridgehead atoms. The molecule has 0 saturated carbocycles. The van der Waals surface area contributed by atoms with Crippen molar-refractivity contribution >= 4 is 34.7 Å². The first-order valence-corrected chi connectivity index (χ1v) is 12.3. The predicted molar refractivity (Wildman–Crippen MR) is 143 cm³/mol. The summed E-state index contributed by atoms with van der Waals surface area (Å²) in [6, 6.07) is 16.3. The Labute approximate surface area is 220 Å². The van der Waals surface area contributed by atoms with Gasteiger partial charge in [0.05, 0.1) is 37.0 Å². The molecule has 4 rings (SSSR count). The number of carbonyl (C=O) groups excluding carboxylic acids is 2. The number of methoxy groups -OCH3 is 1. The molecule has 1 aliphatic rings. The van der Waals surface area contributed by atoms with E-state index in [1.807, 2.05) is 39.0 Å². The molecule has 1 fully saturated rings. The molecule has 8 heteroatoms. The van der Waals surface area contributed by atoms with E-state index in [1.54, 1.807) is 42.5 Å². The highest BCUT2D eigenvalue weighted by atomic mass is 35.5. The molecule has 1 unspecified atom stereocenters. The lowest BCUT2D eigenvalue weighted by Gasteiger charge is -2.26. The van der Waals surface area contributed by atoms with Crippen molar-refractivity contribution in [3.05, 3.63) is 87.9 Å². The van der Waals surface area contributed by atoms with E-state index in [9.17, 15) is 14.7 Å². The summed E-state index contributed by atoms with van der Waals surface area (Å²) in [6.07, 6.45) is 0. The van der Waals surface area contributed by atoms with Gasteiger partial charge in [-0.3, -0.25) is 14.5 Å². The fourth-order valence-electron chi connectivity index (χ4n) is 4.39. The molecule has 3 aromatic rings. The van der Waals surface area contributed by atoms with Gasteiger partial charge in [0.25, 0.3) is 11.7 Å². The zero-order chi connectivity index (χ0) is 26.7. The van der Waals surface area contributed by atoms with Crippen LogP contribution < -0.4 is 19.1 Å². The van der Waals surface area contributed by atoms with Crippen LogP contribution in [-0.4, -0.2) is 37.1 Å². The van der Waals surface area contributed by atoms with Crippen molar-refractivity contribution < 1.29 is 28.9 Å². The Kier molecular flexibility index (Phi) is 7.74. The van der Waals surface area contributed by atoms with Gasteiger partial charge in [0.1, 0.15) is 11.5 Å². The van der Waals surface area contributed by atoms with Gasteiger partial charge in [-0.2, -0.15) is 0 Å². The molecule has 1 amide bonds. The minimum Gasteiger partial charge on any atom is -0.507 e. The number of halogens is 1. The Morgan fingerprint density at radius 2 is 1.68 bits per heavy atom. The predicted octanol–water partition coefficient (Wildman–Crippen LogP) is 6.08. The summed E-state index contributed by atoms with van der Waals surface area (Å²) in [4.78, 5) is 28.3. The van der Waals surface area contributed by atoms with Crippen LogP contribution >= 0.6 is 11.6 Å². The minimum absolute atomic E-state index is 0.0533. The number of carbonyl (C=O) groups is 2. The van der Waals surface area contributed by atoms with E-state index in [2.05, 4.69) is 0 Å². The van der Waals surface area contributed by atoms with E-state index < -0.39 is 17.7 Å². The molecule has 1 heterocycles. The van der Waals surface area contributed by atoms with Crippen molar-refractivity contribution in [1.82, 2.24) is 0 Å². The van der Waals surface area contributed by atoms with Gasteiger partial charge in [0, 0.05) is 11.3 Å². The number of amides is 1. The molecule has 0 aliphatic carbocycles. The van der Waals surface area contributed by atoms with Gasteiger partial charge in [-0.25, -0.2) is 0 Å². The van der Waals surface area contributed by atoms with Crippen LogP contribution in [-0.2, 0) is 9.59 Å². The van der Waals surface area contributed by atoms with E-state index in [-0.39, 0.29) is 11.3 Å². The first-order chi connectivity index (χ1) is 17.8. The monoisotopic (exact) mass is 521 g/mol. The highest BCUT2D eigenvalue weighted by Crippen LogP contribution is 2.44. The van der Waals surface area contributed by atoms with Gasteiger partial charge < -0.3 is 19.3 Å². The number of benzene rings is 3. The number of ketones is 1. The van der Waals surface area contributed by atoms with Gasteiger partial charge in [0.15, 0.2) is 11.5 Å². The van der Waals surface area contributed by atoms with Gasteiger partial charge in [0.2, 0.25) is 0 Å². The summed E-state index contributed by atoms with van der Waals surface area (Å²) in [5, 5.41) is 11.8. The number of hydrogen-bond acceptors (Lipinski definition) is 6. The number of aliphatic hydroxyl groups excluding tert-OH is 1. The van der Waals surface area contributed by atoms with Gasteiger partial charge in [-0.1, -0.05) is 29.8 Å². The van der Waals surface area contributed by atoms with Gasteiger partial charge in [-0.15, -0.1) is 0 Å². The number of rotatable bonds is 8. The zero-order valence-corrected chi connectivity index (χ0v) is 21.8. The zero-order valence-electron chi connectivity index (χ0n) is 21.1. The number of hydrogen-bond donors (Lipinski definition) is 1. The third-order valence-corrected chi connectivity index (χ3v) is 6.34. The molecule has 0 aromatic heterocycles. The van der Waals surface area contributed by atoms with E-state index in [0.717, 1.165) is 5.56 Å². The SMILES string of the molecule is CCOc1cc(/C(O)=C2/C(=O)C(=O)N(c3cccc(C)c3)C2c2ccc(OCC)c(OC)c2)ccc1Cl. The molecule has 1 aliphatic heterocycles. The summed E-state index contributed by atoms with van der Waals surface area (Å²) in [5.74, 6) is -0.544. The van der Waals surface area contributed by atoms with E-state index in [0.29, 0.717) is 52.3 Å². The van der Waals surface area contributed by atoms with Crippen LogP contribution in [0, 0.1) is 6.92 Å². The number of ether oxygens (including phenoxy) is 3. The maximum Gasteiger partial charge on any atom is 0.300 e. The molecule has 192 valence electrons. The van der Waals surface area contributed by atoms with E-state index in [4.69, 9.17) is 25.8 Å². The lowest BCUT2D eigenvalue weighted by atomic mass is 9.94.